The molecule has 5 nitrogen and oxygen atoms in total. The quantitative estimate of drug-likeness (QED) is 0.789. The molecule has 3 rings (SSSR count). The second kappa shape index (κ2) is 6.75. The standard InChI is InChI=1S/C19H26N4O/c1-15(2)6-4-8-19(3)9-7-17(24)22(14-19)13-16-12-21-23-11-5-10-20-18(16)23/h5-6,10-12H,4,7-9,13-14H2,1-3H3/t19-/m0/s1. The molecule has 1 atom stereocenters. The van der Waals surface area contributed by atoms with Gasteiger partial charge < -0.3 is 4.90 Å². The van der Waals surface area contributed by atoms with E-state index >= 15 is 0 Å². The lowest BCUT2D eigenvalue weighted by molar-refractivity contribution is -0.138. The fourth-order valence-electron chi connectivity index (χ4n) is 3.45. The zero-order valence-electron chi connectivity index (χ0n) is 14.8. The van der Waals surface area contributed by atoms with Crippen molar-refractivity contribution in [2.75, 3.05) is 6.54 Å². The van der Waals surface area contributed by atoms with Gasteiger partial charge in [0.15, 0.2) is 5.65 Å². The first kappa shape index (κ1) is 16.7. The Hall–Kier alpha value is -2.17. The van der Waals surface area contributed by atoms with Gasteiger partial charge in [-0.05, 0) is 44.6 Å². The highest BCUT2D eigenvalue weighted by molar-refractivity contribution is 5.77. The fraction of sp³-hybridized carbons (Fsp3) is 0.526. The molecule has 0 bridgehead atoms. The van der Waals surface area contributed by atoms with Crippen LogP contribution in [0.4, 0.5) is 0 Å². The second-order valence-electron chi connectivity index (χ2n) is 7.44. The zero-order valence-corrected chi connectivity index (χ0v) is 14.8. The molecule has 1 aliphatic heterocycles. The van der Waals surface area contributed by atoms with Gasteiger partial charge in [-0.1, -0.05) is 18.6 Å². The van der Waals surface area contributed by atoms with Gasteiger partial charge in [0.2, 0.25) is 5.91 Å². The van der Waals surface area contributed by atoms with E-state index in [4.69, 9.17) is 0 Å². The van der Waals surface area contributed by atoms with Crippen LogP contribution in [0, 0.1) is 5.41 Å². The van der Waals surface area contributed by atoms with E-state index in [1.807, 2.05) is 23.4 Å². The molecule has 2 aromatic rings. The second-order valence-corrected chi connectivity index (χ2v) is 7.44. The van der Waals surface area contributed by atoms with Crippen molar-refractivity contribution < 1.29 is 4.79 Å². The average Bonchev–Trinajstić information content (AvgIpc) is 2.94. The molecule has 24 heavy (non-hydrogen) atoms. The van der Waals surface area contributed by atoms with Crippen molar-refractivity contribution in [2.24, 2.45) is 5.41 Å². The number of carbonyl (C=O) groups is 1. The van der Waals surface area contributed by atoms with Gasteiger partial charge in [0, 0.05) is 30.9 Å². The molecule has 0 unspecified atom stereocenters. The number of amides is 1. The minimum absolute atomic E-state index is 0.191. The lowest BCUT2D eigenvalue weighted by Crippen LogP contribution is -2.44. The molecule has 3 heterocycles. The molecule has 0 saturated carbocycles. The highest BCUT2D eigenvalue weighted by Crippen LogP contribution is 2.35. The van der Waals surface area contributed by atoms with Crippen molar-refractivity contribution in [3.63, 3.8) is 0 Å². The third kappa shape index (κ3) is 3.66. The summed E-state index contributed by atoms with van der Waals surface area (Å²) in [6, 6.07) is 1.86. The summed E-state index contributed by atoms with van der Waals surface area (Å²) in [5, 5.41) is 4.32. The Morgan fingerprint density at radius 1 is 1.42 bits per heavy atom. The van der Waals surface area contributed by atoms with Crippen molar-refractivity contribution in [1.82, 2.24) is 19.5 Å². The lowest BCUT2D eigenvalue weighted by Gasteiger charge is -2.40. The van der Waals surface area contributed by atoms with Crippen LogP contribution in [0.1, 0.15) is 52.0 Å². The van der Waals surface area contributed by atoms with Crippen molar-refractivity contribution >= 4 is 11.6 Å². The number of nitrogens with zero attached hydrogens (tertiary/aromatic N) is 4. The largest absolute Gasteiger partial charge is 0.338 e. The molecule has 0 aliphatic carbocycles. The van der Waals surface area contributed by atoms with Crippen molar-refractivity contribution in [3.05, 3.63) is 41.9 Å². The van der Waals surface area contributed by atoms with Crippen LogP contribution in [0.2, 0.25) is 0 Å². The van der Waals surface area contributed by atoms with E-state index < -0.39 is 0 Å². The van der Waals surface area contributed by atoms with Crippen molar-refractivity contribution in [1.29, 1.82) is 0 Å². The number of carbonyl (C=O) groups excluding carboxylic acids is 1. The summed E-state index contributed by atoms with van der Waals surface area (Å²) < 4.78 is 1.76. The maximum absolute atomic E-state index is 12.4. The van der Waals surface area contributed by atoms with Crippen LogP contribution in [0.25, 0.3) is 5.65 Å². The molecule has 1 aliphatic rings. The summed E-state index contributed by atoms with van der Waals surface area (Å²) in [5.41, 5.74) is 3.40. The highest BCUT2D eigenvalue weighted by Gasteiger charge is 2.34. The molecule has 5 heteroatoms. The minimum Gasteiger partial charge on any atom is -0.338 e. The zero-order chi connectivity index (χ0) is 17.2. The third-order valence-electron chi connectivity index (χ3n) is 4.88. The molecule has 1 saturated heterocycles. The first-order chi connectivity index (χ1) is 11.5. The molecule has 0 aromatic carbocycles. The molecule has 128 valence electrons. The molecule has 0 N–H and O–H groups in total. The SMILES string of the molecule is CC(C)=CCC[C@@]1(C)CCC(=O)N(Cc2cnn3cccnc23)C1. The Kier molecular flexibility index (Phi) is 4.69. The highest BCUT2D eigenvalue weighted by atomic mass is 16.2. The van der Waals surface area contributed by atoms with E-state index in [9.17, 15) is 4.79 Å². The number of hydrogen-bond donors (Lipinski definition) is 0. The van der Waals surface area contributed by atoms with E-state index in [1.54, 1.807) is 10.7 Å². The van der Waals surface area contributed by atoms with E-state index in [0.717, 1.165) is 37.0 Å². The predicted octanol–water partition coefficient (Wildman–Crippen LogP) is 3.60. The molecule has 2 aromatic heterocycles. The molecule has 0 radical (unpaired) electrons. The molecule has 1 amide bonds. The molecular formula is C19H26N4O. The summed E-state index contributed by atoms with van der Waals surface area (Å²) in [5.74, 6) is 0.241. The number of piperidine rings is 1. The van der Waals surface area contributed by atoms with Crippen LogP contribution >= 0.6 is 0 Å². The minimum atomic E-state index is 0.191. The monoisotopic (exact) mass is 326 g/mol. The van der Waals surface area contributed by atoms with Crippen molar-refractivity contribution in [2.45, 2.75) is 53.0 Å². The maximum Gasteiger partial charge on any atom is 0.222 e. The van der Waals surface area contributed by atoms with Crippen LogP contribution in [-0.2, 0) is 11.3 Å². The van der Waals surface area contributed by atoms with Crippen molar-refractivity contribution in [3.8, 4) is 0 Å². The maximum atomic E-state index is 12.4. The normalized spacial score (nSPS) is 21.3. The summed E-state index contributed by atoms with van der Waals surface area (Å²) in [7, 11) is 0. The molecular weight excluding hydrogens is 300 g/mol. The molecule has 1 fully saturated rings. The van der Waals surface area contributed by atoms with Gasteiger partial charge >= 0.3 is 0 Å². The van der Waals surface area contributed by atoms with Gasteiger partial charge in [-0.2, -0.15) is 5.10 Å². The fourth-order valence-corrected chi connectivity index (χ4v) is 3.45. The molecule has 0 spiro atoms. The average molecular weight is 326 g/mol. The Balaban J connectivity index is 1.72. The number of fused-ring (bicyclic) bond motifs is 1. The van der Waals surface area contributed by atoms with E-state index in [-0.39, 0.29) is 11.3 Å². The number of aromatic nitrogens is 3. The van der Waals surface area contributed by atoms with Gasteiger partial charge in [-0.15, -0.1) is 0 Å². The Morgan fingerprint density at radius 3 is 3.04 bits per heavy atom. The number of likely N-dealkylation sites (tertiary alicyclic amines) is 1. The van der Waals surface area contributed by atoms with Gasteiger partial charge in [0.1, 0.15) is 0 Å². The number of rotatable bonds is 5. The van der Waals surface area contributed by atoms with Crippen LogP contribution in [0.15, 0.2) is 36.3 Å². The summed E-state index contributed by atoms with van der Waals surface area (Å²) in [4.78, 5) is 18.8. The smallest absolute Gasteiger partial charge is 0.222 e. The topological polar surface area (TPSA) is 50.5 Å². The van der Waals surface area contributed by atoms with E-state index in [0.29, 0.717) is 13.0 Å². The Labute approximate surface area is 143 Å². The third-order valence-corrected chi connectivity index (χ3v) is 4.88. The van der Waals surface area contributed by atoms with Gasteiger partial charge in [0.25, 0.3) is 0 Å². The Bertz CT molecular complexity index is 760. The van der Waals surface area contributed by atoms with Crippen LogP contribution in [-0.4, -0.2) is 31.9 Å². The van der Waals surface area contributed by atoms with Gasteiger partial charge in [0.05, 0.1) is 12.7 Å². The van der Waals surface area contributed by atoms with Crippen LogP contribution < -0.4 is 0 Å². The summed E-state index contributed by atoms with van der Waals surface area (Å²) in [6.07, 6.45) is 11.6. The van der Waals surface area contributed by atoms with E-state index in [2.05, 4.69) is 36.9 Å². The predicted molar refractivity (Wildman–Crippen MR) is 94.4 cm³/mol. The van der Waals surface area contributed by atoms with Crippen LogP contribution in [0.5, 0.6) is 0 Å². The summed E-state index contributed by atoms with van der Waals surface area (Å²) in [6.45, 7) is 7.98. The number of allylic oxidation sites excluding steroid dienone is 2. The van der Waals surface area contributed by atoms with Gasteiger partial charge in [-0.3, -0.25) is 4.79 Å². The Morgan fingerprint density at radius 2 is 2.25 bits per heavy atom. The summed E-state index contributed by atoms with van der Waals surface area (Å²) >= 11 is 0. The van der Waals surface area contributed by atoms with Gasteiger partial charge in [-0.25, -0.2) is 9.50 Å². The van der Waals surface area contributed by atoms with E-state index in [1.165, 1.54) is 5.57 Å². The van der Waals surface area contributed by atoms with Crippen LogP contribution in [0.3, 0.4) is 0 Å². The first-order valence-electron chi connectivity index (χ1n) is 8.65. The number of hydrogen-bond acceptors (Lipinski definition) is 3. The lowest BCUT2D eigenvalue weighted by atomic mass is 9.77. The first-order valence-corrected chi connectivity index (χ1v) is 8.65.